The van der Waals surface area contributed by atoms with Crippen LogP contribution in [0.3, 0.4) is 0 Å². The van der Waals surface area contributed by atoms with Gasteiger partial charge in [-0.2, -0.15) is 0 Å². The van der Waals surface area contributed by atoms with Crippen LogP contribution in [0.4, 0.5) is 0 Å². The maximum atomic E-state index is 12.1. The van der Waals surface area contributed by atoms with Crippen molar-refractivity contribution in [3.05, 3.63) is 34.9 Å². The Morgan fingerprint density at radius 3 is 2.57 bits per heavy atom. The Balaban J connectivity index is 1.63. The second-order valence-corrected chi connectivity index (χ2v) is 5.97. The maximum absolute atomic E-state index is 12.1. The number of carbonyl (C=O) groups is 2. The molecule has 2 fully saturated rings. The molecule has 1 saturated carbocycles. The monoisotopic (exact) mass is 309 g/mol. The molecule has 3 rings (SSSR count). The van der Waals surface area contributed by atoms with E-state index in [1.165, 1.54) is 0 Å². The third kappa shape index (κ3) is 3.04. The average Bonchev–Trinajstić information content (AvgIpc) is 3.15. The van der Waals surface area contributed by atoms with Crippen molar-refractivity contribution in [2.24, 2.45) is 11.8 Å². The van der Waals surface area contributed by atoms with Gasteiger partial charge in [-0.25, -0.2) is 0 Å². The molecule has 4 atom stereocenters. The van der Waals surface area contributed by atoms with Gasteiger partial charge in [-0.05, 0) is 30.5 Å². The van der Waals surface area contributed by atoms with E-state index < -0.39 is 17.8 Å². The van der Waals surface area contributed by atoms with Crippen LogP contribution in [-0.4, -0.2) is 29.6 Å². The summed E-state index contributed by atoms with van der Waals surface area (Å²) in [7, 11) is 0. The molecule has 0 radical (unpaired) electrons. The Kier molecular flexibility index (Phi) is 3.87. The standard InChI is InChI=1S/C15H16ClNO4/c16-9-3-1-8(2-4-9)13-12(5-6-21-13)17-14(18)10-7-11(10)15(19)20/h1-4,10-13H,5-7H2,(H,17,18)(H,19,20)/t10-,11+,12-,13+/m0/s1. The fourth-order valence-corrected chi connectivity index (χ4v) is 2.89. The molecule has 1 aliphatic heterocycles. The lowest BCUT2D eigenvalue weighted by atomic mass is 10.0. The molecule has 1 aromatic carbocycles. The van der Waals surface area contributed by atoms with E-state index in [1.807, 2.05) is 12.1 Å². The molecule has 21 heavy (non-hydrogen) atoms. The average molecular weight is 310 g/mol. The van der Waals surface area contributed by atoms with Crippen molar-refractivity contribution in [2.75, 3.05) is 6.61 Å². The zero-order valence-electron chi connectivity index (χ0n) is 11.3. The molecule has 2 N–H and O–H groups in total. The molecule has 1 aliphatic carbocycles. The number of carboxylic acids is 1. The van der Waals surface area contributed by atoms with Gasteiger partial charge in [0.05, 0.1) is 17.9 Å². The summed E-state index contributed by atoms with van der Waals surface area (Å²) in [4.78, 5) is 22.9. The molecule has 0 bridgehead atoms. The summed E-state index contributed by atoms with van der Waals surface area (Å²) in [5, 5.41) is 12.5. The number of carboxylic acid groups (broad SMARTS) is 1. The topological polar surface area (TPSA) is 75.6 Å². The molecule has 5 nitrogen and oxygen atoms in total. The largest absolute Gasteiger partial charge is 0.481 e. The van der Waals surface area contributed by atoms with Gasteiger partial charge in [0.1, 0.15) is 6.10 Å². The first-order chi connectivity index (χ1) is 10.1. The van der Waals surface area contributed by atoms with Crippen LogP contribution in [0.1, 0.15) is 24.5 Å². The van der Waals surface area contributed by atoms with Gasteiger partial charge in [0.15, 0.2) is 0 Å². The first-order valence-electron chi connectivity index (χ1n) is 6.96. The van der Waals surface area contributed by atoms with Gasteiger partial charge >= 0.3 is 5.97 Å². The molecule has 0 aromatic heterocycles. The van der Waals surface area contributed by atoms with Crippen LogP contribution < -0.4 is 5.32 Å². The van der Waals surface area contributed by atoms with Gasteiger partial charge in [-0.15, -0.1) is 0 Å². The summed E-state index contributed by atoms with van der Waals surface area (Å²) in [6, 6.07) is 7.23. The molecule has 0 spiro atoms. The fourth-order valence-electron chi connectivity index (χ4n) is 2.77. The highest BCUT2D eigenvalue weighted by atomic mass is 35.5. The summed E-state index contributed by atoms with van der Waals surface area (Å²) >= 11 is 5.87. The van der Waals surface area contributed by atoms with Gasteiger partial charge in [-0.3, -0.25) is 9.59 Å². The van der Waals surface area contributed by atoms with E-state index in [2.05, 4.69) is 5.32 Å². The van der Waals surface area contributed by atoms with E-state index >= 15 is 0 Å². The number of halogens is 1. The van der Waals surface area contributed by atoms with Crippen LogP contribution in [0.5, 0.6) is 0 Å². The van der Waals surface area contributed by atoms with Gasteiger partial charge in [0, 0.05) is 11.6 Å². The summed E-state index contributed by atoms with van der Waals surface area (Å²) in [6.45, 7) is 0.575. The normalized spacial score (nSPS) is 30.9. The number of ether oxygens (including phenoxy) is 1. The minimum absolute atomic E-state index is 0.117. The Bertz CT molecular complexity index is 559. The Hall–Kier alpha value is -1.59. The van der Waals surface area contributed by atoms with E-state index in [0.29, 0.717) is 18.1 Å². The molecule has 112 valence electrons. The second-order valence-electron chi connectivity index (χ2n) is 5.53. The van der Waals surface area contributed by atoms with Crippen molar-refractivity contribution in [3.63, 3.8) is 0 Å². The minimum atomic E-state index is -0.896. The zero-order chi connectivity index (χ0) is 15.0. The lowest BCUT2D eigenvalue weighted by molar-refractivity contribution is -0.140. The van der Waals surface area contributed by atoms with Gasteiger partial charge in [0.25, 0.3) is 0 Å². The molecule has 1 heterocycles. The molecular weight excluding hydrogens is 294 g/mol. The lowest BCUT2D eigenvalue weighted by Gasteiger charge is -2.20. The number of rotatable bonds is 4. The Morgan fingerprint density at radius 2 is 1.95 bits per heavy atom. The first kappa shape index (κ1) is 14.4. The second kappa shape index (κ2) is 5.66. The van der Waals surface area contributed by atoms with Crippen LogP contribution in [0, 0.1) is 11.8 Å². The molecule has 6 heteroatoms. The van der Waals surface area contributed by atoms with Crippen LogP contribution in [0.25, 0.3) is 0 Å². The number of amides is 1. The van der Waals surface area contributed by atoms with Crippen LogP contribution >= 0.6 is 11.6 Å². The van der Waals surface area contributed by atoms with Crippen molar-refractivity contribution in [1.29, 1.82) is 0 Å². The predicted molar refractivity (Wildman–Crippen MR) is 75.9 cm³/mol. The number of nitrogens with one attached hydrogen (secondary N) is 1. The summed E-state index contributed by atoms with van der Waals surface area (Å²) < 4.78 is 5.69. The number of aliphatic carboxylic acids is 1. The van der Waals surface area contributed by atoms with Gasteiger partial charge < -0.3 is 15.2 Å². The van der Waals surface area contributed by atoms with Crippen LogP contribution in [0.2, 0.25) is 5.02 Å². The molecule has 0 unspecified atom stereocenters. The molecule has 1 amide bonds. The Morgan fingerprint density at radius 1 is 1.24 bits per heavy atom. The van der Waals surface area contributed by atoms with E-state index in [-0.39, 0.29) is 18.1 Å². The van der Waals surface area contributed by atoms with Crippen LogP contribution in [0.15, 0.2) is 24.3 Å². The predicted octanol–water partition coefficient (Wildman–Crippen LogP) is 2.01. The fraction of sp³-hybridized carbons (Fsp3) is 0.467. The van der Waals surface area contributed by atoms with Crippen molar-refractivity contribution >= 4 is 23.5 Å². The van der Waals surface area contributed by atoms with E-state index in [0.717, 1.165) is 12.0 Å². The highest BCUT2D eigenvalue weighted by Gasteiger charge is 2.49. The Labute approximate surface area is 127 Å². The minimum Gasteiger partial charge on any atom is -0.481 e. The smallest absolute Gasteiger partial charge is 0.307 e. The van der Waals surface area contributed by atoms with Crippen LogP contribution in [-0.2, 0) is 14.3 Å². The third-order valence-corrected chi connectivity index (χ3v) is 4.31. The third-order valence-electron chi connectivity index (χ3n) is 4.06. The number of hydrogen-bond donors (Lipinski definition) is 2. The van der Waals surface area contributed by atoms with Gasteiger partial charge in [-0.1, -0.05) is 23.7 Å². The van der Waals surface area contributed by atoms with Crippen molar-refractivity contribution in [1.82, 2.24) is 5.32 Å². The summed E-state index contributed by atoms with van der Waals surface area (Å²) in [6.07, 6.45) is 0.956. The van der Waals surface area contributed by atoms with Crippen molar-refractivity contribution in [2.45, 2.75) is 25.0 Å². The van der Waals surface area contributed by atoms with Crippen molar-refractivity contribution in [3.8, 4) is 0 Å². The lowest BCUT2D eigenvalue weighted by Crippen LogP contribution is -2.38. The highest BCUT2D eigenvalue weighted by Crippen LogP contribution is 2.39. The number of hydrogen-bond acceptors (Lipinski definition) is 3. The van der Waals surface area contributed by atoms with Gasteiger partial charge in [0.2, 0.25) is 5.91 Å². The highest BCUT2D eigenvalue weighted by molar-refractivity contribution is 6.30. The maximum Gasteiger partial charge on any atom is 0.307 e. The van der Waals surface area contributed by atoms with E-state index in [4.69, 9.17) is 21.4 Å². The van der Waals surface area contributed by atoms with E-state index in [1.54, 1.807) is 12.1 Å². The molecule has 1 aromatic rings. The molecule has 2 aliphatic rings. The number of benzene rings is 1. The first-order valence-corrected chi connectivity index (χ1v) is 7.34. The summed E-state index contributed by atoms with van der Waals surface area (Å²) in [5.41, 5.74) is 0.966. The number of carbonyl (C=O) groups excluding carboxylic acids is 1. The zero-order valence-corrected chi connectivity index (χ0v) is 12.0. The molecule has 1 saturated heterocycles. The SMILES string of the molecule is O=C(N[C@H]1CCO[C@@H]1c1ccc(Cl)cc1)[C@H]1C[C@H]1C(=O)O. The van der Waals surface area contributed by atoms with E-state index in [9.17, 15) is 9.59 Å². The van der Waals surface area contributed by atoms with Crippen molar-refractivity contribution < 1.29 is 19.4 Å². The molecular formula is C15H16ClNO4. The summed E-state index contributed by atoms with van der Waals surface area (Å²) in [5.74, 6) is -2.00. The quantitative estimate of drug-likeness (QED) is 0.892.